The molecule has 0 spiro atoms. The first-order chi connectivity index (χ1) is 15.7. The third-order valence-corrected chi connectivity index (χ3v) is 6.17. The van der Waals surface area contributed by atoms with Crippen LogP contribution in [0.4, 0.5) is 23.7 Å². The van der Waals surface area contributed by atoms with Crippen molar-refractivity contribution in [2.45, 2.75) is 36.2 Å². The molecule has 3 heterocycles. The molecule has 0 radical (unpaired) electrons. The minimum Gasteiger partial charge on any atom is -0.337 e. The number of alkyl halides is 3. The van der Waals surface area contributed by atoms with Crippen LogP contribution in [-0.2, 0) is 11.3 Å². The molecule has 1 aromatic carbocycles. The molecule has 2 aliphatic heterocycles. The molecule has 0 saturated carbocycles. The highest BCUT2D eigenvalue weighted by Gasteiger charge is 2.37. The van der Waals surface area contributed by atoms with Crippen molar-refractivity contribution in [1.82, 2.24) is 14.8 Å². The summed E-state index contributed by atoms with van der Waals surface area (Å²) in [5.41, 5.74) is -3.27. The Morgan fingerprint density at radius 1 is 1.03 bits per heavy atom. The lowest BCUT2D eigenvalue weighted by Gasteiger charge is -2.26. The number of thioether (sulfide) groups is 1. The summed E-state index contributed by atoms with van der Waals surface area (Å²) in [5.74, 6) is -0.631. The number of hydrogen-bond donors (Lipinski definition) is 0. The van der Waals surface area contributed by atoms with E-state index in [1.165, 1.54) is 35.4 Å². The van der Waals surface area contributed by atoms with Crippen LogP contribution >= 0.6 is 11.8 Å². The number of likely N-dealkylation sites (tertiary alicyclic amines) is 1. The summed E-state index contributed by atoms with van der Waals surface area (Å²) < 4.78 is 37.6. The van der Waals surface area contributed by atoms with Crippen LogP contribution in [0.25, 0.3) is 0 Å². The van der Waals surface area contributed by atoms with E-state index in [4.69, 9.17) is 0 Å². The second-order valence-corrected chi connectivity index (χ2v) is 8.95. The van der Waals surface area contributed by atoms with Crippen LogP contribution in [0.1, 0.15) is 35.3 Å². The predicted octanol–water partition coefficient (Wildman–Crippen LogP) is 4.29. The molecule has 7 nitrogen and oxygen atoms in total. The second kappa shape index (κ2) is 9.42. The second-order valence-electron chi connectivity index (χ2n) is 7.81. The molecular formula is C22H21F3N4O3S. The number of pyridine rings is 1. The Morgan fingerprint density at radius 2 is 1.73 bits per heavy atom. The van der Waals surface area contributed by atoms with E-state index in [9.17, 15) is 27.6 Å². The van der Waals surface area contributed by atoms with Crippen molar-refractivity contribution in [2.24, 2.45) is 0 Å². The van der Waals surface area contributed by atoms with Gasteiger partial charge in [0.2, 0.25) is 0 Å². The first-order valence-electron chi connectivity index (χ1n) is 10.4. The fraction of sp³-hybridized carbons (Fsp3) is 0.364. The Balaban J connectivity index is 1.44. The van der Waals surface area contributed by atoms with E-state index in [0.29, 0.717) is 24.3 Å². The van der Waals surface area contributed by atoms with Gasteiger partial charge < -0.3 is 9.80 Å². The molecule has 0 aliphatic carbocycles. The van der Waals surface area contributed by atoms with Crippen molar-refractivity contribution in [1.29, 1.82) is 0 Å². The van der Waals surface area contributed by atoms with Crippen molar-refractivity contribution >= 4 is 35.3 Å². The smallest absolute Gasteiger partial charge is 0.337 e. The highest BCUT2D eigenvalue weighted by molar-refractivity contribution is 8.00. The topological polar surface area (TPSA) is 73.8 Å². The SMILES string of the molecule is O=C(c1cc(CN2CC(=O)N(c3ccc(SC(F)(F)F)cc3)C2=O)ccn1)N1CCCCC1. The number of hydrogen-bond acceptors (Lipinski definition) is 5. The monoisotopic (exact) mass is 478 g/mol. The van der Waals surface area contributed by atoms with Crippen molar-refractivity contribution in [3.8, 4) is 0 Å². The molecular weight excluding hydrogens is 457 g/mol. The number of carbonyl (C=O) groups excluding carboxylic acids is 3. The quantitative estimate of drug-likeness (QED) is 0.474. The van der Waals surface area contributed by atoms with Gasteiger partial charge in [-0.25, -0.2) is 9.69 Å². The number of anilines is 1. The number of halogens is 3. The number of imide groups is 1. The minimum atomic E-state index is -4.42. The van der Waals surface area contributed by atoms with Crippen molar-refractivity contribution in [2.75, 3.05) is 24.5 Å². The van der Waals surface area contributed by atoms with Crippen LogP contribution < -0.4 is 4.90 Å². The number of aromatic nitrogens is 1. The molecule has 2 fully saturated rings. The van der Waals surface area contributed by atoms with Crippen molar-refractivity contribution in [3.05, 3.63) is 53.9 Å². The number of piperidine rings is 1. The Labute approximate surface area is 192 Å². The van der Waals surface area contributed by atoms with Gasteiger partial charge in [0.25, 0.3) is 11.8 Å². The summed E-state index contributed by atoms with van der Waals surface area (Å²) in [7, 11) is 0. The van der Waals surface area contributed by atoms with Crippen molar-refractivity contribution < 1.29 is 27.6 Å². The summed E-state index contributed by atoms with van der Waals surface area (Å²) in [6, 6.07) is 7.80. The van der Waals surface area contributed by atoms with Crippen LogP contribution in [0.15, 0.2) is 47.5 Å². The van der Waals surface area contributed by atoms with Gasteiger partial charge in [0.15, 0.2) is 0 Å². The van der Waals surface area contributed by atoms with Gasteiger partial charge in [-0.05, 0) is 73.0 Å². The van der Waals surface area contributed by atoms with E-state index in [0.717, 1.165) is 24.2 Å². The third-order valence-electron chi connectivity index (χ3n) is 5.43. The molecule has 2 aromatic rings. The lowest BCUT2D eigenvalue weighted by atomic mass is 10.1. The fourth-order valence-corrected chi connectivity index (χ4v) is 4.43. The molecule has 2 saturated heterocycles. The Morgan fingerprint density at radius 3 is 2.39 bits per heavy atom. The van der Waals surface area contributed by atoms with E-state index in [1.54, 1.807) is 17.0 Å². The molecule has 33 heavy (non-hydrogen) atoms. The largest absolute Gasteiger partial charge is 0.446 e. The molecule has 0 N–H and O–H groups in total. The van der Waals surface area contributed by atoms with Crippen LogP contribution in [0, 0.1) is 0 Å². The maximum Gasteiger partial charge on any atom is 0.446 e. The van der Waals surface area contributed by atoms with Crippen LogP contribution in [0.5, 0.6) is 0 Å². The molecule has 1 aromatic heterocycles. The molecule has 0 bridgehead atoms. The predicted molar refractivity (Wildman–Crippen MR) is 116 cm³/mol. The Bertz CT molecular complexity index is 1060. The zero-order chi connectivity index (χ0) is 23.6. The summed E-state index contributed by atoms with van der Waals surface area (Å²) >= 11 is -0.266. The average Bonchev–Trinajstić information content (AvgIpc) is 3.06. The van der Waals surface area contributed by atoms with Gasteiger partial charge in [0.1, 0.15) is 12.2 Å². The minimum absolute atomic E-state index is 0.0371. The van der Waals surface area contributed by atoms with E-state index < -0.39 is 17.4 Å². The Kier molecular flexibility index (Phi) is 6.59. The lowest BCUT2D eigenvalue weighted by molar-refractivity contribution is -0.116. The van der Waals surface area contributed by atoms with Gasteiger partial charge in [0.05, 0.1) is 5.69 Å². The molecule has 4 amide bonds. The highest BCUT2D eigenvalue weighted by atomic mass is 32.2. The van der Waals surface area contributed by atoms with Gasteiger partial charge >= 0.3 is 11.5 Å². The molecule has 174 valence electrons. The average molecular weight is 478 g/mol. The Hall–Kier alpha value is -3.08. The van der Waals surface area contributed by atoms with E-state index in [2.05, 4.69) is 4.98 Å². The lowest BCUT2D eigenvalue weighted by Crippen LogP contribution is -2.36. The summed E-state index contributed by atoms with van der Waals surface area (Å²) in [6.45, 7) is 1.32. The number of urea groups is 1. The van der Waals surface area contributed by atoms with E-state index in [-0.39, 0.29) is 41.3 Å². The fourth-order valence-electron chi connectivity index (χ4n) is 3.89. The summed E-state index contributed by atoms with van der Waals surface area (Å²) in [6.07, 6.45) is 4.52. The normalized spacial score (nSPS) is 17.1. The van der Waals surface area contributed by atoms with E-state index >= 15 is 0 Å². The molecule has 4 rings (SSSR count). The first-order valence-corrected chi connectivity index (χ1v) is 11.2. The highest BCUT2D eigenvalue weighted by Crippen LogP contribution is 2.37. The zero-order valence-electron chi connectivity index (χ0n) is 17.5. The molecule has 0 unspecified atom stereocenters. The number of carbonyl (C=O) groups is 3. The standard InChI is InChI=1S/C22H21F3N4O3S/c23-22(24,25)33-17-6-4-16(5-7-17)29-19(30)14-28(21(29)32)13-15-8-9-26-18(12-15)20(31)27-10-2-1-3-11-27/h4-9,12H,1-3,10-11,13-14H2. The molecule has 11 heteroatoms. The molecule has 2 aliphatic rings. The van der Waals surface area contributed by atoms with Gasteiger partial charge in [-0.1, -0.05) is 0 Å². The molecule has 0 atom stereocenters. The number of nitrogens with zero attached hydrogens (tertiary/aromatic N) is 4. The number of amides is 4. The van der Waals surface area contributed by atoms with E-state index in [1.807, 2.05) is 0 Å². The maximum atomic E-state index is 12.9. The maximum absolute atomic E-state index is 12.9. The number of benzene rings is 1. The van der Waals surface area contributed by atoms with Crippen LogP contribution in [0.3, 0.4) is 0 Å². The van der Waals surface area contributed by atoms with Gasteiger partial charge in [0, 0.05) is 30.7 Å². The summed E-state index contributed by atoms with van der Waals surface area (Å²) in [5, 5.41) is 0. The van der Waals surface area contributed by atoms with Crippen LogP contribution in [0.2, 0.25) is 0 Å². The van der Waals surface area contributed by atoms with Gasteiger partial charge in [-0.2, -0.15) is 13.2 Å². The third kappa shape index (κ3) is 5.47. The van der Waals surface area contributed by atoms with Crippen LogP contribution in [-0.4, -0.2) is 57.8 Å². The van der Waals surface area contributed by atoms with Crippen molar-refractivity contribution in [3.63, 3.8) is 0 Å². The van der Waals surface area contributed by atoms with Gasteiger partial charge in [-0.3, -0.25) is 14.6 Å². The van der Waals surface area contributed by atoms with Gasteiger partial charge in [-0.15, -0.1) is 0 Å². The first kappa shape index (κ1) is 23.1. The zero-order valence-corrected chi connectivity index (χ0v) is 18.4. The number of rotatable bonds is 5. The summed E-state index contributed by atoms with van der Waals surface area (Å²) in [4.78, 5) is 46.2.